The molecule has 1 saturated heterocycles. The van der Waals surface area contributed by atoms with Gasteiger partial charge < -0.3 is 45.5 Å². The monoisotopic (exact) mass is 579 g/mol. The van der Waals surface area contributed by atoms with Gasteiger partial charge in [-0.1, -0.05) is 12.1 Å². The van der Waals surface area contributed by atoms with Crippen molar-refractivity contribution in [3.05, 3.63) is 51.6 Å². The van der Waals surface area contributed by atoms with Gasteiger partial charge in [-0.3, -0.25) is 14.4 Å². The van der Waals surface area contributed by atoms with E-state index < -0.39 is 95.7 Å². The Bertz CT molecular complexity index is 1380. The van der Waals surface area contributed by atoms with Crippen molar-refractivity contribution in [3.63, 3.8) is 0 Å². The van der Waals surface area contributed by atoms with Gasteiger partial charge in [0.25, 0.3) is 0 Å². The highest BCUT2D eigenvalue weighted by Gasteiger charge is 2.50. The van der Waals surface area contributed by atoms with Crippen LogP contribution in [0.1, 0.15) is 68.8 Å². The molecule has 6 atom stereocenters. The van der Waals surface area contributed by atoms with Crippen molar-refractivity contribution in [1.29, 1.82) is 0 Å². The summed E-state index contributed by atoms with van der Waals surface area (Å²) >= 11 is 0. The third-order valence-corrected chi connectivity index (χ3v) is 7.81. The maximum Gasteiger partial charge on any atom is 0.202 e. The van der Waals surface area contributed by atoms with Gasteiger partial charge in [-0.2, -0.15) is 0 Å². The number of hydrogen-bond acceptors (Lipinski definition) is 12. The van der Waals surface area contributed by atoms with Gasteiger partial charge in [0.05, 0.1) is 42.1 Å². The Morgan fingerprint density at radius 1 is 1.15 bits per heavy atom. The van der Waals surface area contributed by atoms with E-state index in [9.17, 15) is 39.9 Å². The van der Waals surface area contributed by atoms with E-state index in [1.807, 2.05) is 0 Å². The van der Waals surface area contributed by atoms with E-state index in [2.05, 4.69) is 0 Å². The molecule has 0 spiro atoms. The van der Waals surface area contributed by atoms with Crippen LogP contribution in [0.5, 0.6) is 17.2 Å². The highest BCUT2D eigenvalue weighted by molar-refractivity contribution is 6.31. The van der Waals surface area contributed by atoms with Crippen LogP contribution < -0.4 is 10.5 Å². The molecule has 4 unspecified atom stereocenters. The zero-order valence-electron chi connectivity index (χ0n) is 21.6. The van der Waals surface area contributed by atoms with E-state index in [-0.39, 0.29) is 46.8 Å². The van der Waals surface area contributed by atoms with Crippen molar-refractivity contribution in [2.24, 2.45) is 5.73 Å². The number of hydrogen-bond donors (Lipinski definition) is 6. The number of phenols is 2. The number of rotatable bonds is 5. The molecule has 7 N–H and O–H groups in total. The van der Waals surface area contributed by atoms with Crippen LogP contribution in [0.15, 0.2) is 18.2 Å². The Hall–Kier alpha value is -3.10. The number of nitrogens with two attached hydrogens (primary N) is 1. The van der Waals surface area contributed by atoms with Gasteiger partial charge in [0.1, 0.15) is 29.5 Å². The standard InChI is InChI=1S/C27H29NO11.ClH/c1-10-22(31)13(28)6-17(38-10)39-15-8-27(36,16(30)9-29)7-12-19(15)26(35)21-20(24(12)33)23(32)11-4-3-5-14(37-2)18(11)25(21)34;/h3-5,10,13,15,17,22,29,31,33,35-36H,6-9,28H2,1-2H3;1H/t10?,13?,15?,17-,22?,27-;/m0./s1. The predicted molar refractivity (Wildman–Crippen MR) is 139 cm³/mol. The fourth-order valence-corrected chi connectivity index (χ4v) is 5.75. The van der Waals surface area contributed by atoms with Crippen LogP contribution in [-0.2, 0) is 20.7 Å². The zero-order valence-corrected chi connectivity index (χ0v) is 22.4. The highest BCUT2D eigenvalue weighted by atomic mass is 35.5. The highest BCUT2D eigenvalue weighted by Crippen LogP contribution is 2.52. The second kappa shape index (κ2) is 10.7. The van der Waals surface area contributed by atoms with E-state index in [0.717, 1.165) is 0 Å². The normalized spacial score (nSPS) is 29.1. The van der Waals surface area contributed by atoms with Gasteiger partial charge in [0.15, 0.2) is 17.9 Å². The van der Waals surface area contributed by atoms with Crippen molar-refractivity contribution in [2.75, 3.05) is 13.7 Å². The lowest BCUT2D eigenvalue weighted by Gasteiger charge is -2.42. The summed E-state index contributed by atoms with van der Waals surface area (Å²) in [5, 5.41) is 53.7. The first kappa shape index (κ1) is 29.9. The Balaban J connectivity index is 0.00000370. The molecule has 12 nitrogen and oxygen atoms in total. The summed E-state index contributed by atoms with van der Waals surface area (Å²) in [5.41, 5.74) is 2.37. The Morgan fingerprint density at radius 3 is 2.45 bits per heavy atom. The first-order chi connectivity index (χ1) is 18.4. The lowest BCUT2D eigenvalue weighted by molar-refractivity contribution is -0.247. The number of methoxy groups -OCH3 is 1. The number of ether oxygens (including phenoxy) is 3. The summed E-state index contributed by atoms with van der Waals surface area (Å²) in [7, 11) is 1.32. The van der Waals surface area contributed by atoms with Crippen LogP contribution in [0, 0.1) is 0 Å². The molecular formula is C27H30ClNO11. The summed E-state index contributed by atoms with van der Waals surface area (Å²) in [6.07, 6.45) is -5.12. The molecule has 0 bridgehead atoms. The number of phenolic OH excluding ortho intramolecular Hbond substituents is 2. The molecule has 13 heteroatoms. The summed E-state index contributed by atoms with van der Waals surface area (Å²) < 4.78 is 17.0. The summed E-state index contributed by atoms with van der Waals surface area (Å²) in [6.45, 7) is 0.560. The molecule has 216 valence electrons. The average molecular weight is 580 g/mol. The third kappa shape index (κ3) is 4.45. The van der Waals surface area contributed by atoms with Gasteiger partial charge >= 0.3 is 0 Å². The van der Waals surface area contributed by atoms with Crippen LogP contribution in [0.25, 0.3) is 0 Å². The number of Topliss-reactive ketones (excluding diaryl/α,β-unsaturated/α-hetero) is 1. The van der Waals surface area contributed by atoms with Crippen molar-refractivity contribution in [3.8, 4) is 17.2 Å². The van der Waals surface area contributed by atoms with Crippen LogP contribution in [0.2, 0.25) is 0 Å². The first-order valence-corrected chi connectivity index (χ1v) is 12.4. The number of fused-ring (bicyclic) bond motifs is 3. The average Bonchev–Trinajstić information content (AvgIpc) is 2.90. The smallest absolute Gasteiger partial charge is 0.202 e. The largest absolute Gasteiger partial charge is 0.507 e. The van der Waals surface area contributed by atoms with E-state index in [1.54, 1.807) is 6.92 Å². The number of aromatic hydroxyl groups is 2. The van der Waals surface area contributed by atoms with E-state index in [0.29, 0.717) is 0 Å². The van der Waals surface area contributed by atoms with Crippen LogP contribution in [-0.4, -0.2) is 86.7 Å². The van der Waals surface area contributed by atoms with Crippen molar-refractivity contribution in [1.82, 2.24) is 0 Å². The Kier molecular flexibility index (Phi) is 8.00. The number of aliphatic hydroxyl groups is 3. The first-order valence-electron chi connectivity index (χ1n) is 12.4. The van der Waals surface area contributed by atoms with Crippen LogP contribution >= 0.6 is 12.4 Å². The van der Waals surface area contributed by atoms with Crippen LogP contribution in [0.3, 0.4) is 0 Å². The molecule has 0 saturated carbocycles. The minimum Gasteiger partial charge on any atom is -0.507 e. The zero-order chi connectivity index (χ0) is 28.4. The fraction of sp³-hybridized carbons (Fsp3) is 0.444. The Labute approximate surface area is 234 Å². The lowest BCUT2D eigenvalue weighted by Crippen LogP contribution is -2.53. The minimum atomic E-state index is -2.24. The Morgan fingerprint density at radius 2 is 1.82 bits per heavy atom. The second-order valence-electron chi connectivity index (χ2n) is 10.2. The maximum atomic E-state index is 13.6. The molecule has 0 aromatic heterocycles. The summed E-state index contributed by atoms with van der Waals surface area (Å²) in [4.78, 5) is 39.7. The molecule has 2 aliphatic carbocycles. The topological polar surface area (TPSA) is 206 Å². The molecule has 2 aromatic carbocycles. The number of carbonyl (C=O) groups excluding carboxylic acids is 3. The molecular weight excluding hydrogens is 550 g/mol. The second-order valence-corrected chi connectivity index (χ2v) is 10.2. The quantitative estimate of drug-likeness (QED) is 0.227. The molecule has 40 heavy (non-hydrogen) atoms. The van der Waals surface area contributed by atoms with Gasteiger partial charge in [-0.25, -0.2) is 0 Å². The molecule has 2 aromatic rings. The molecule has 5 rings (SSSR count). The number of carbonyl (C=O) groups is 3. The fourth-order valence-electron chi connectivity index (χ4n) is 5.75. The summed E-state index contributed by atoms with van der Waals surface area (Å²) in [5.74, 6) is -3.77. The van der Waals surface area contributed by atoms with Crippen LogP contribution in [0.4, 0.5) is 0 Å². The number of aliphatic hydroxyl groups excluding tert-OH is 2. The molecule has 0 amide bonds. The molecule has 1 fully saturated rings. The molecule has 1 aliphatic heterocycles. The van der Waals surface area contributed by atoms with Gasteiger partial charge in [0, 0.05) is 42.0 Å². The number of ketones is 3. The van der Waals surface area contributed by atoms with Gasteiger partial charge in [0.2, 0.25) is 5.78 Å². The molecule has 0 radical (unpaired) electrons. The molecule has 1 heterocycles. The van der Waals surface area contributed by atoms with Crippen molar-refractivity contribution < 1.29 is 54.1 Å². The van der Waals surface area contributed by atoms with E-state index in [4.69, 9.17) is 19.9 Å². The lowest BCUT2D eigenvalue weighted by atomic mass is 9.72. The van der Waals surface area contributed by atoms with Crippen molar-refractivity contribution >= 4 is 29.8 Å². The number of benzene rings is 2. The molecule has 3 aliphatic rings. The SMILES string of the molecule is COc1cccc2c1C(=O)c1c(O)c3c(c(O)c1C2=O)C[C@@](O)(C(=O)CO)CC3O[C@H]1CC(N)C(O)C(C)O1.Cl. The van der Waals surface area contributed by atoms with Gasteiger partial charge in [-0.05, 0) is 13.0 Å². The van der Waals surface area contributed by atoms with Crippen molar-refractivity contribution in [2.45, 2.75) is 62.4 Å². The predicted octanol–water partition coefficient (Wildman–Crippen LogP) is 0.423. The minimum absolute atomic E-state index is 0. The maximum absolute atomic E-state index is 13.6. The number of halogens is 1. The van der Waals surface area contributed by atoms with E-state index >= 15 is 0 Å². The van der Waals surface area contributed by atoms with Gasteiger partial charge in [-0.15, -0.1) is 12.4 Å². The van der Waals surface area contributed by atoms with E-state index in [1.165, 1.54) is 25.3 Å². The third-order valence-electron chi connectivity index (χ3n) is 7.81. The summed E-state index contributed by atoms with van der Waals surface area (Å²) in [6, 6.07) is 3.64.